The number of para-hydroxylation sites is 1. The molecule has 1 saturated heterocycles. The van der Waals surface area contributed by atoms with Crippen LogP contribution in [0.3, 0.4) is 0 Å². The van der Waals surface area contributed by atoms with Crippen molar-refractivity contribution in [3.05, 3.63) is 59.7 Å². The lowest BCUT2D eigenvalue weighted by Gasteiger charge is -2.40. The molecule has 0 aliphatic carbocycles. The zero-order valence-electron chi connectivity index (χ0n) is 18.3. The minimum absolute atomic E-state index is 0.395. The monoisotopic (exact) mass is 446 g/mol. The van der Waals surface area contributed by atoms with E-state index in [0.29, 0.717) is 12.2 Å². The molecule has 1 unspecified atom stereocenters. The van der Waals surface area contributed by atoms with Gasteiger partial charge in [-0.3, -0.25) is 4.79 Å². The molecule has 0 radical (unpaired) electrons. The quantitative estimate of drug-likeness (QED) is 0.474. The summed E-state index contributed by atoms with van der Waals surface area (Å²) in [6.45, 7) is 3.29. The molecule has 0 aromatic heterocycles. The Balaban J connectivity index is 1.80. The highest BCUT2D eigenvalue weighted by Gasteiger charge is 2.49. The van der Waals surface area contributed by atoms with Crippen LogP contribution >= 0.6 is 0 Å². The molecule has 1 heterocycles. The maximum absolute atomic E-state index is 12.6. The molecule has 3 rings (SSSR count). The van der Waals surface area contributed by atoms with Crippen LogP contribution in [-0.2, 0) is 16.0 Å². The van der Waals surface area contributed by atoms with Gasteiger partial charge in [0.15, 0.2) is 11.9 Å². The first-order valence-corrected chi connectivity index (χ1v) is 10.5. The van der Waals surface area contributed by atoms with Crippen molar-refractivity contribution in [3.8, 4) is 11.5 Å². The fourth-order valence-electron chi connectivity index (χ4n) is 3.53. The summed E-state index contributed by atoms with van der Waals surface area (Å²) in [7, 11) is 1.59. The molecule has 32 heavy (non-hydrogen) atoms. The average molecular weight is 446 g/mol. The van der Waals surface area contributed by atoms with Gasteiger partial charge >= 0.3 is 0 Å². The second-order valence-electron chi connectivity index (χ2n) is 8.24. The lowest BCUT2D eigenvalue weighted by atomic mass is 9.91. The summed E-state index contributed by atoms with van der Waals surface area (Å²) in [4.78, 5) is 12.6. The highest BCUT2D eigenvalue weighted by Crippen LogP contribution is 2.29. The minimum atomic E-state index is -1.69. The number of aliphatic hydroxyl groups is 4. The summed E-state index contributed by atoms with van der Waals surface area (Å²) >= 11 is 0. The van der Waals surface area contributed by atoms with Crippen LogP contribution in [0.5, 0.6) is 11.5 Å². The molecular formula is C24H30O8. The van der Waals surface area contributed by atoms with Gasteiger partial charge in [-0.05, 0) is 35.2 Å². The summed E-state index contributed by atoms with van der Waals surface area (Å²) in [5.74, 6) is -0.0548. The van der Waals surface area contributed by atoms with E-state index in [9.17, 15) is 25.2 Å². The van der Waals surface area contributed by atoms with E-state index in [1.54, 1.807) is 33.1 Å². The third-order valence-electron chi connectivity index (χ3n) is 5.54. The number of hydrogen-bond donors (Lipinski definition) is 4. The van der Waals surface area contributed by atoms with Crippen LogP contribution in [0, 0.1) is 5.92 Å². The predicted molar refractivity (Wildman–Crippen MR) is 115 cm³/mol. The van der Waals surface area contributed by atoms with Gasteiger partial charge in [0, 0.05) is 6.42 Å². The number of aliphatic hydroxyl groups excluding tert-OH is 4. The number of rotatable bonds is 8. The summed E-state index contributed by atoms with van der Waals surface area (Å²) in [6.07, 6.45) is -8.80. The van der Waals surface area contributed by atoms with E-state index >= 15 is 0 Å². The van der Waals surface area contributed by atoms with E-state index in [0.717, 1.165) is 16.9 Å². The summed E-state index contributed by atoms with van der Waals surface area (Å²) in [5, 5.41) is 41.0. The minimum Gasteiger partial charge on any atom is -0.497 e. The summed E-state index contributed by atoms with van der Waals surface area (Å²) < 4.78 is 16.6. The van der Waals surface area contributed by atoms with Crippen LogP contribution in [0.25, 0.3) is 0 Å². The van der Waals surface area contributed by atoms with Gasteiger partial charge in [-0.15, -0.1) is 0 Å². The Bertz CT molecular complexity index is 897. The first-order chi connectivity index (χ1) is 15.2. The van der Waals surface area contributed by atoms with Gasteiger partial charge in [0.2, 0.25) is 6.29 Å². The van der Waals surface area contributed by atoms with Crippen LogP contribution in [0.2, 0.25) is 0 Å². The molecular weight excluding hydrogens is 416 g/mol. The highest BCUT2D eigenvalue weighted by atomic mass is 16.7. The summed E-state index contributed by atoms with van der Waals surface area (Å²) in [5.41, 5.74) is 1.79. The molecule has 2 aromatic carbocycles. The fraction of sp³-hybridized carbons (Fsp3) is 0.458. The third-order valence-corrected chi connectivity index (χ3v) is 5.54. The summed E-state index contributed by atoms with van der Waals surface area (Å²) in [6, 6.07) is 14.7. The molecule has 0 saturated carbocycles. The number of methoxy groups -OCH3 is 1. The van der Waals surface area contributed by atoms with E-state index in [2.05, 4.69) is 0 Å². The molecule has 1 aliphatic rings. The molecule has 8 nitrogen and oxygen atoms in total. The van der Waals surface area contributed by atoms with Crippen molar-refractivity contribution < 1.29 is 39.4 Å². The van der Waals surface area contributed by atoms with Gasteiger partial charge in [-0.2, -0.15) is 0 Å². The van der Waals surface area contributed by atoms with Gasteiger partial charge in [0.05, 0.1) is 7.11 Å². The van der Waals surface area contributed by atoms with Crippen LogP contribution in [0.15, 0.2) is 48.5 Å². The van der Waals surface area contributed by atoms with Crippen molar-refractivity contribution in [1.29, 1.82) is 0 Å². The second-order valence-corrected chi connectivity index (χ2v) is 8.24. The van der Waals surface area contributed by atoms with Gasteiger partial charge < -0.3 is 34.6 Å². The van der Waals surface area contributed by atoms with Gasteiger partial charge in [-0.1, -0.05) is 44.2 Å². The van der Waals surface area contributed by atoms with Crippen LogP contribution < -0.4 is 9.47 Å². The number of Topliss-reactive ketones (excluding diaryl/α,β-unsaturated/α-hetero) is 1. The Hall–Kier alpha value is -2.49. The molecule has 6 atom stereocenters. The molecule has 1 fully saturated rings. The Kier molecular flexibility index (Phi) is 7.86. The number of hydrogen-bond acceptors (Lipinski definition) is 8. The molecule has 0 bridgehead atoms. The van der Waals surface area contributed by atoms with Gasteiger partial charge in [-0.25, -0.2) is 0 Å². The normalized spacial score (nSPS) is 26.6. The molecule has 0 amide bonds. The first-order valence-electron chi connectivity index (χ1n) is 10.5. The van der Waals surface area contributed by atoms with Crippen molar-refractivity contribution in [2.75, 3.05) is 7.11 Å². The highest BCUT2D eigenvalue weighted by molar-refractivity contribution is 5.88. The molecule has 1 aliphatic heterocycles. The van der Waals surface area contributed by atoms with Crippen molar-refractivity contribution in [1.82, 2.24) is 0 Å². The molecule has 174 valence electrons. The Morgan fingerprint density at radius 1 is 1.00 bits per heavy atom. The SMILES string of the molecule is COc1ccc(Cc2ccccc2O[C@H]2O[C@H](C(=O)C(O)C(C)C)[C@@H](O)[C@H](O)[C@H]2O)cc1. The number of benzene rings is 2. The predicted octanol–water partition coefficient (Wildman–Crippen LogP) is 1.06. The second kappa shape index (κ2) is 10.4. The van der Waals surface area contributed by atoms with E-state index < -0.39 is 48.5 Å². The van der Waals surface area contributed by atoms with Crippen LogP contribution in [0.4, 0.5) is 0 Å². The van der Waals surface area contributed by atoms with E-state index in [1.807, 2.05) is 36.4 Å². The van der Waals surface area contributed by atoms with Crippen molar-refractivity contribution in [2.24, 2.45) is 5.92 Å². The fourth-order valence-corrected chi connectivity index (χ4v) is 3.53. The van der Waals surface area contributed by atoms with E-state index in [1.165, 1.54) is 0 Å². The van der Waals surface area contributed by atoms with Crippen molar-refractivity contribution >= 4 is 5.78 Å². The number of ether oxygens (including phenoxy) is 3. The van der Waals surface area contributed by atoms with Gasteiger partial charge in [0.1, 0.15) is 35.9 Å². The topological polar surface area (TPSA) is 126 Å². The number of carbonyl (C=O) groups excluding carboxylic acids is 1. The number of ketones is 1. The lowest BCUT2D eigenvalue weighted by molar-refractivity contribution is -0.268. The zero-order chi connectivity index (χ0) is 23.4. The Morgan fingerprint density at radius 3 is 2.28 bits per heavy atom. The van der Waals surface area contributed by atoms with Crippen molar-refractivity contribution in [3.63, 3.8) is 0 Å². The molecule has 0 spiro atoms. The Morgan fingerprint density at radius 2 is 1.66 bits per heavy atom. The van der Waals surface area contributed by atoms with E-state index in [4.69, 9.17) is 14.2 Å². The smallest absolute Gasteiger partial charge is 0.229 e. The molecule has 4 N–H and O–H groups in total. The average Bonchev–Trinajstić information content (AvgIpc) is 2.80. The van der Waals surface area contributed by atoms with Crippen LogP contribution in [0.1, 0.15) is 25.0 Å². The van der Waals surface area contributed by atoms with E-state index in [-0.39, 0.29) is 0 Å². The maximum Gasteiger partial charge on any atom is 0.229 e. The first kappa shape index (κ1) is 24.2. The largest absolute Gasteiger partial charge is 0.497 e. The molecule has 8 heteroatoms. The lowest BCUT2D eigenvalue weighted by Crippen LogP contribution is -2.62. The molecule has 2 aromatic rings. The standard InChI is InChI=1S/C24H30O8/c1-13(2)18(25)20(27)23-21(28)19(26)22(29)24(32-23)31-17-7-5-4-6-15(17)12-14-8-10-16(30-3)11-9-14/h4-11,13,18-19,21-26,28-29H,12H2,1-3H3/t18?,19-,21-,22+,23+,24-/m0/s1. The number of carbonyl (C=O) groups is 1. The van der Waals surface area contributed by atoms with Gasteiger partial charge in [0.25, 0.3) is 0 Å². The van der Waals surface area contributed by atoms with Crippen LogP contribution in [-0.4, -0.2) is 70.1 Å². The van der Waals surface area contributed by atoms with Crippen molar-refractivity contribution in [2.45, 2.75) is 57.1 Å². The Labute approximate surface area is 187 Å². The third kappa shape index (κ3) is 5.28. The zero-order valence-corrected chi connectivity index (χ0v) is 18.3. The maximum atomic E-state index is 12.6.